The first kappa shape index (κ1) is 9.67. The van der Waals surface area contributed by atoms with Gasteiger partial charge in [-0.1, -0.05) is 0 Å². The standard InChI is InChI=1S/C8H13N3O2S/c1-8-9-4-7-11(8)14(12,13)10-5-2-3-6-10/h4,7H,2-3,5-6H2,1H3. The average Bonchev–Trinajstić information content (AvgIpc) is 2.72. The molecule has 1 aromatic rings. The summed E-state index contributed by atoms with van der Waals surface area (Å²) in [6.07, 6.45) is 4.89. The largest absolute Gasteiger partial charge is 0.308 e. The molecule has 6 heteroatoms. The molecule has 78 valence electrons. The number of hydrogen-bond donors (Lipinski definition) is 0. The molecule has 0 bridgehead atoms. The molecule has 0 aromatic carbocycles. The van der Waals surface area contributed by atoms with Crippen molar-refractivity contribution in [1.82, 2.24) is 13.3 Å². The third kappa shape index (κ3) is 1.44. The van der Waals surface area contributed by atoms with Gasteiger partial charge in [0.25, 0.3) is 0 Å². The molecule has 1 saturated heterocycles. The van der Waals surface area contributed by atoms with Gasteiger partial charge in [0.15, 0.2) is 0 Å². The zero-order valence-corrected chi connectivity index (χ0v) is 8.87. The third-order valence-electron chi connectivity index (χ3n) is 2.42. The van der Waals surface area contributed by atoms with Crippen molar-refractivity contribution in [1.29, 1.82) is 0 Å². The van der Waals surface area contributed by atoms with E-state index < -0.39 is 10.2 Å². The van der Waals surface area contributed by atoms with Crippen molar-refractivity contribution >= 4 is 10.2 Å². The van der Waals surface area contributed by atoms with Gasteiger partial charge in [0.1, 0.15) is 5.82 Å². The van der Waals surface area contributed by atoms with E-state index in [9.17, 15) is 8.42 Å². The highest BCUT2D eigenvalue weighted by molar-refractivity contribution is 7.87. The maximum Gasteiger partial charge on any atom is 0.308 e. The van der Waals surface area contributed by atoms with Crippen LogP contribution in [0.5, 0.6) is 0 Å². The molecule has 0 unspecified atom stereocenters. The monoisotopic (exact) mass is 215 g/mol. The van der Waals surface area contributed by atoms with Crippen molar-refractivity contribution in [2.24, 2.45) is 0 Å². The molecule has 1 aliphatic heterocycles. The fourth-order valence-corrected chi connectivity index (χ4v) is 3.21. The number of aromatic nitrogens is 2. The van der Waals surface area contributed by atoms with Crippen molar-refractivity contribution in [2.45, 2.75) is 19.8 Å². The molecule has 2 heterocycles. The van der Waals surface area contributed by atoms with Crippen LogP contribution in [0.4, 0.5) is 0 Å². The van der Waals surface area contributed by atoms with Crippen LogP contribution in [-0.2, 0) is 10.2 Å². The zero-order chi connectivity index (χ0) is 10.2. The lowest BCUT2D eigenvalue weighted by Gasteiger charge is -2.16. The number of nitrogens with zero attached hydrogens (tertiary/aromatic N) is 3. The van der Waals surface area contributed by atoms with Gasteiger partial charge in [-0.15, -0.1) is 0 Å². The van der Waals surface area contributed by atoms with Gasteiger partial charge in [-0.3, -0.25) is 0 Å². The van der Waals surface area contributed by atoms with E-state index in [1.807, 2.05) is 0 Å². The summed E-state index contributed by atoms with van der Waals surface area (Å²) in [6.45, 7) is 2.94. The van der Waals surface area contributed by atoms with Gasteiger partial charge in [-0.25, -0.2) is 8.96 Å². The molecule has 14 heavy (non-hydrogen) atoms. The molecule has 1 fully saturated rings. The minimum atomic E-state index is -3.34. The molecule has 0 atom stereocenters. The minimum absolute atomic E-state index is 0.511. The average molecular weight is 215 g/mol. The van der Waals surface area contributed by atoms with Gasteiger partial charge in [0.05, 0.1) is 0 Å². The van der Waals surface area contributed by atoms with Gasteiger partial charge in [-0.2, -0.15) is 12.7 Å². The van der Waals surface area contributed by atoms with E-state index in [4.69, 9.17) is 0 Å². The quantitative estimate of drug-likeness (QED) is 0.716. The summed E-state index contributed by atoms with van der Waals surface area (Å²) in [5, 5.41) is 0. The van der Waals surface area contributed by atoms with Gasteiger partial charge < -0.3 is 0 Å². The molecule has 0 aliphatic carbocycles. The smallest absolute Gasteiger partial charge is 0.241 e. The zero-order valence-electron chi connectivity index (χ0n) is 8.05. The van der Waals surface area contributed by atoms with Gasteiger partial charge >= 0.3 is 10.2 Å². The molecule has 1 aromatic heterocycles. The van der Waals surface area contributed by atoms with Crippen LogP contribution in [-0.4, -0.2) is 34.8 Å². The Bertz CT molecular complexity index is 418. The van der Waals surface area contributed by atoms with Gasteiger partial charge in [-0.05, 0) is 19.8 Å². The molecule has 1 aliphatic rings. The SMILES string of the molecule is Cc1nccn1S(=O)(=O)N1CCCC1. The highest BCUT2D eigenvalue weighted by atomic mass is 32.2. The second kappa shape index (κ2) is 3.36. The molecule has 0 N–H and O–H groups in total. The Morgan fingerprint density at radius 1 is 1.36 bits per heavy atom. The lowest BCUT2D eigenvalue weighted by Crippen LogP contribution is -2.33. The molecule has 2 rings (SSSR count). The second-order valence-corrected chi connectivity index (χ2v) is 5.19. The number of rotatable bonds is 2. The highest BCUT2D eigenvalue weighted by Crippen LogP contribution is 2.15. The van der Waals surface area contributed by atoms with Crippen molar-refractivity contribution in [3.8, 4) is 0 Å². The van der Waals surface area contributed by atoms with Crippen LogP contribution in [0.1, 0.15) is 18.7 Å². The fourth-order valence-electron chi connectivity index (χ4n) is 1.65. The van der Waals surface area contributed by atoms with Crippen molar-refractivity contribution in [2.75, 3.05) is 13.1 Å². The maximum atomic E-state index is 12.0. The summed E-state index contributed by atoms with van der Waals surface area (Å²) >= 11 is 0. The van der Waals surface area contributed by atoms with E-state index in [0.717, 1.165) is 12.8 Å². The maximum absolute atomic E-state index is 12.0. The Morgan fingerprint density at radius 3 is 2.50 bits per heavy atom. The van der Waals surface area contributed by atoms with Crippen LogP contribution in [0.2, 0.25) is 0 Å². The summed E-state index contributed by atoms with van der Waals surface area (Å²) in [5.41, 5.74) is 0. The molecular weight excluding hydrogens is 202 g/mol. The summed E-state index contributed by atoms with van der Waals surface area (Å²) in [6, 6.07) is 0. The molecule has 5 nitrogen and oxygen atoms in total. The van der Waals surface area contributed by atoms with E-state index >= 15 is 0 Å². The normalized spacial score (nSPS) is 18.9. The third-order valence-corrected chi connectivity index (χ3v) is 4.32. The summed E-state index contributed by atoms with van der Waals surface area (Å²) in [4.78, 5) is 3.91. The highest BCUT2D eigenvalue weighted by Gasteiger charge is 2.27. The molecule has 0 radical (unpaired) electrons. The number of imidazole rings is 1. The number of aryl methyl sites for hydroxylation is 1. The van der Waals surface area contributed by atoms with E-state index in [1.54, 1.807) is 6.92 Å². The van der Waals surface area contributed by atoms with Crippen molar-refractivity contribution in [3.05, 3.63) is 18.2 Å². The lowest BCUT2D eigenvalue weighted by molar-refractivity contribution is 0.468. The Morgan fingerprint density at radius 2 is 2.00 bits per heavy atom. The molecule has 0 spiro atoms. The van der Waals surface area contributed by atoms with Gasteiger partial charge in [0.2, 0.25) is 0 Å². The Labute approximate surface area is 83.5 Å². The van der Waals surface area contributed by atoms with Crippen LogP contribution in [0.15, 0.2) is 12.4 Å². The van der Waals surface area contributed by atoms with Crippen LogP contribution in [0, 0.1) is 6.92 Å². The predicted octanol–water partition coefficient (Wildman–Crippen LogP) is 0.380. The van der Waals surface area contributed by atoms with Crippen LogP contribution in [0.3, 0.4) is 0 Å². The first-order valence-electron chi connectivity index (χ1n) is 4.63. The van der Waals surface area contributed by atoms with Gasteiger partial charge in [0, 0.05) is 25.5 Å². The second-order valence-electron chi connectivity index (χ2n) is 3.38. The van der Waals surface area contributed by atoms with Crippen LogP contribution in [0.25, 0.3) is 0 Å². The van der Waals surface area contributed by atoms with Crippen LogP contribution >= 0.6 is 0 Å². The first-order chi connectivity index (χ1) is 6.62. The number of hydrogen-bond acceptors (Lipinski definition) is 3. The topological polar surface area (TPSA) is 55.2 Å². The summed E-state index contributed by atoms with van der Waals surface area (Å²) < 4.78 is 26.7. The van der Waals surface area contributed by atoms with Crippen molar-refractivity contribution in [3.63, 3.8) is 0 Å². The van der Waals surface area contributed by atoms with E-state index in [-0.39, 0.29) is 0 Å². The fraction of sp³-hybridized carbons (Fsp3) is 0.625. The van der Waals surface area contributed by atoms with Crippen LogP contribution < -0.4 is 0 Å². The van der Waals surface area contributed by atoms with E-state index in [0.29, 0.717) is 18.9 Å². The molecular formula is C8H13N3O2S. The first-order valence-corrected chi connectivity index (χ1v) is 6.02. The van der Waals surface area contributed by atoms with E-state index in [2.05, 4.69) is 4.98 Å². The predicted molar refractivity (Wildman–Crippen MR) is 52.1 cm³/mol. The summed E-state index contributed by atoms with van der Waals surface area (Å²) in [5.74, 6) is 0.511. The van der Waals surface area contributed by atoms with E-state index in [1.165, 1.54) is 20.7 Å². The minimum Gasteiger partial charge on any atom is -0.241 e. The molecule has 0 amide bonds. The molecule has 0 saturated carbocycles. The lowest BCUT2D eigenvalue weighted by atomic mass is 10.4. The Balaban J connectivity index is 2.37. The van der Waals surface area contributed by atoms with Crippen molar-refractivity contribution < 1.29 is 8.42 Å². The Kier molecular flexibility index (Phi) is 2.32. The Hall–Kier alpha value is -0.880. The summed E-state index contributed by atoms with van der Waals surface area (Å²) in [7, 11) is -3.34.